The highest BCUT2D eigenvalue weighted by atomic mass is 79.9. The molecule has 1 heterocycles. The van der Waals surface area contributed by atoms with Crippen molar-refractivity contribution in [1.82, 2.24) is 20.2 Å². The van der Waals surface area contributed by atoms with Crippen molar-refractivity contribution in [3.05, 3.63) is 63.1 Å². The van der Waals surface area contributed by atoms with Crippen LogP contribution in [0.25, 0.3) is 16.6 Å². The van der Waals surface area contributed by atoms with Crippen molar-refractivity contribution >= 4 is 44.6 Å². The molecule has 1 aromatic heterocycles. The van der Waals surface area contributed by atoms with Crippen LogP contribution in [-0.4, -0.2) is 33.3 Å². The number of hydrogen-bond acceptors (Lipinski definition) is 4. The van der Waals surface area contributed by atoms with Crippen LogP contribution in [0.3, 0.4) is 0 Å². The van der Waals surface area contributed by atoms with Gasteiger partial charge in [-0.15, -0.1) is 0 Å². The maximum absolute atomic E-state index is 13.4. The molecular weight excluding hydrogens is 454 g/mol. The summed E-state index contributed by atoms with van der Waals surface area (Å²) in [7, 11) is 0. The van der Waals surface area contributed by atoms with Crippen molar-refractivity contribution in [3.63, 3.8) is 0 Å². The van der Waals surface area contributed by atoms with E-state index in [9.17, 15) is 14.4 Å². The summed E-state index contributed by atoms with van der Waals surface area (Å²) < 4.78 is 1.92. The van der Waals surface area contributed by atoms with Crippen molar-refractivity contribution in [2.75, 3.05) is 11.9 Å². The molecule has 0 bridgehead atoms. The van der Waals surface area contributed by atoms with Gasteiger partial charge in [0, 0.05) is 16.7 Å². The maximum atomic E-state index is 13.4. The van der Waals surface area contributed by atoms with Gasteiger partial charge >= 0.3 is 12.1 Å². The molecular formula is C20H20BrN5O4. The molecule has 0 saturated carbocycles. The minimum absolute atomic E-state index is 0.225. The smallest absolute Gasteiger partial charge is 0.405 e. The molecule has 0 fully saturated rings. The second-order valence-electron chi connectivity index (χ2n) is 6.45. The van der Waals surface area contributed by atoms with E-state index in [0.29, 0.717) is 33.3 Å². The standard InChI is InChI=1S/C20H20BrN5O4/c1-3-22-19(28)24-12-6-4-7-13(10-12)26-17(11(2)23-20(29)30)25-15-9-5-8-14(21)16(15)18(26)27/h4-11,23H,3H2,1-2H3,(H,29,30)(H2,22,24,28). The predicted octanol–water partition coefficient (Wildman–Crippen LogP) is 3.62. The monoisotopic (exact) mass is 473 g/mol. The number of fused-ring (bicyclic) bond motifs is 1. The summed E-state index contributed by atoms with van der Waals surface area (Å²) >= 11 is 3.39. The molecule has 0 radical (unpaired) electrons. The number of amides is 3. The zero-order valence-corrected chi connectivity index (χ0v) is 17.9. The topological polar surface area (TPSA) is 125 Å². The van der Waals surface area contributed by atoms with E-state index in [-0.39, 0.29) is 17.4 Å². The first-order valence-electron chi connectivity index (χ1n) is 9.17. The lowest BCUT2D eigenvalue weighted by atomic mass is 10.2. The Balaban J connectivity index is 2.22. The molecule has 3 aromatic rings. The first-order chi connectivity index (χ1) is 14.3. The summed E-state index contributed by atoms with van der Waals surface area (Å²) in [6, 6.07) is 10.7. The van der Waals surface area contributed by atoms with E-state index < -0.39 is 12.1 Å². The molecule has 0 aliphatic heterocycles. The van der Waals surface area contributed by atoms with E-state index in [2.05, 4.69) is 36.9 Å². The van der Waals surface area contributed by atoms with E-state index in [4.69, 9.17) is 5.11 Å². The molecule has 1 atom stereocenters. The normalized spacial score (nSPS) is 11.7. The van der Waals surface area contributed by atoms with Crippen molar-refractivity contribution in [1.29, 1.82) is 0 Å². The second-order valence-corrected chi connectivity index (χ2v) is 7.30. The zero-order valence-electron chi connectivity index (χ0n) is 16.3. The van der Waals surface area contributed by atoms with Gasteiger partial charge in [-0.1, -0.05) is 12.1 Å². The number of anilines is 1. The van der Waals surface area contributed by atoms with E-state index in [1.807, 2.05) is 0 Å². The number of benzene rings is 2. The van der Waals surface area contributed by atoms with Crippen LogP contribution in [0.15, 0.2) is 51.7 Å². The van der Waals surface area contributed by atoms with Crippen molar-refractivity contribution < 1.29 is 14.7 Å². The Hall–Kier alpha value is -3.40. The minimum atomic E-state index is -1.23. The summed E-state index contributed by atoms with van der Waals surface area (Å²) in [5.74, 6) is 0.225. The summed E-state index contributed by atoms with van der Waals surface area (Å²) in [5, 5.41) is 17.2. The molecule has 4 N–H and O–H groups in total. The molecule has 0 spiro atoms. The van der Waals surface area contributed by atoms with Crippen LogP contribution in [0.2, 0.25) is 0 Å². The van der Waals surface area contributed by atoms with Crippen molar-refractivity contribution in [3.8, 4) is 5.69 Å². The Bertz CT molecular complexity index is 1180. The van der Waals surface area contributed by atoms with Gasteiger partial charge in [0.05, 0.1) is 22.6 Å². The molecule has 30 heavy (non-hydrogen) atoms. The van der Waals surface area contributed by atoms with Crippen LogP contribution >= 0.6 is 15.9 Å². The molecule has 0 aliphatic carbocycles. The zero-order chi connectivity index (χ0) is 21.8. The predicted molar refractivity (Wildman–Crippen MR) is 117 cm³/mol. The van der Waals surface area contributed by atoms with E-state index in [0.717, 1.165) is 0 Å². The van der Waals surface area contributed by atoms with Crippen LogP contribution < -0.4 is 21.5 Å². The van der Waals surface area contributed by atoms with Gasteiger partial charge < -0.3 is 21.1 Å². The number of hydrogen-bond donors (Lipinski definition) is 4. The molecule has 10 heteroatoms. The number of halogens is 1. The summed E-state index contributed by atoms with van der Waals surface area (Å²) in [4.78, 5) is 41.0. The third-order valence-corrected chi connectivity index (χ3v) is 4.96. The third-order valence-electron chi connectivity index (χ3n) is 4.30. The Morgan fingerprint density at radius 3 is 2.67 bits per heavy atom. The largest absolute Gasteiger partial charge is 0.465 e. The number of aromatic nitrogens is 2. The van der Waals surface area contributed by atoms with Gasteiger partial charge in [-0.3, -0.25) is 9.36 Å². The van der Waals surface area contributed by atoms with Crippen LogP contribution in [0.1, 0.15) is 25.7 Å². The quantitative estimate of drug-likeness (QED) is 0.450. The highest BCUT2D eigenvalue weighted by Crippen LogP contribution is 2.24. The minimum Gasteiger partial charge on any atom is -0.465 e. The van der Waals surface area contributed by atoms with Crippen molar-refractivity contribution in [2.45, 2.75) is 19.9 Å². The van der Waals surface area contributed by atoms with Crippen LogP contribution in [-0.2, 0) is 0 Å². The van der Waals surface area contributed by atoms with Crippen LogP contribution in [0, 0.1) is 0 Å². The Morgan fingerprint density at radius 1 is 1.23 bits per heavy atom. The average molecular weight is 474 g/mol. The number of nitrogens with one attached hydrogen (secondary N) is 3. The number of carboxylic acid groups (broad SMARTS) is 1. The Labute approximate surface area is 180 Å². The SMILES string of the molecule is CCNC(=O)Nc1cccc(-n2c(C(C)NC(=O)O)nc3cccc(Br)c3c2=O)c1. The van der Waals surface area contributed by atoms with Gasteiger partial charge in [0.15, 0.2) is 0 Å². The van der Waals surface area contributed by atoms with Gasteiger partial charge in [0.2, 0.25) is 0 Å². The Morgan fingerprint density at radius 2 is 1.97 bits per heavy atom. The molecule has 0 saturated heterocycles. The van der Waals surface area contributed by atoms with E-state index in [1.165, 1.54) is 4.57 Å². The molecule has 3 rings (SSSR count). The molecule has 0 aliphatic rings. The lowest BCUT2D eigenvalue weighted by molar-refractivity contribution is 0.190. The van der Waals surface area contributed by atoms with Crippen molar-refractivity contribution in [2.24, 2.45) is 0 Å². The number of nitrogens with zero attached hydrogens (tertiary/aromatic N) is 2. The molecule has 1 unspecified atom stereocenters. The fraction of sp³-hybridized carbons (Fsp3) is 0.200. The van der Waals surface area contributed by atoms with Gasteiger partial charge in [0.25, 0.3) is 5.56 Å². The third kappa shape index (κ3) is 4.43. The first-order valence-corrected chi connectivity index (χ1v) is 9.97. The summed E-state index contributed by atoms with van der Waals surface area (Å²) in [5.41, 5.74) is 0.990. The second kappa shape index (κ2) is 8.95. The fourth-order valence-corrected chi connectivity index (χ4v) is 3.58. The fourth-order valence-electron chi connectivity index (χ4n) is 3.06. The molecule has 2 aromatic carbocycles. The van der Waals surface area contributed by atoms with Crippen LogP contribution in [0.4, 0.5) is 15.3 Å². The maximum Gasteiger partial charge on any atom is 0.405 e. The summed E-state index contributed by atoms with van der Waals surface area (Å²) in [6.45, 7) is 3.88. The molecule has 9 nitrogen and oxygen atoms in total. The summed E-state index contributed by atoms with van der Waals surface area (Å²) in [6.07, 6.45) is -1.23. The van der Waals surface area contributed by atoms with Crippen LogP contribution in [0.5, 0.6) is 0 Å². The molecule has 3 amide bonds. The van der Waals surface area contributed by atoms with Gasteiger partial charge in [-0.25, -0.2) is 14.6 Å². The highest BCUT2D eigenvalue weighted by molar-refractivity contribution is 9.10. The number of urea groups is 1. The lowest BCUT2D eigenvalue weighted by Crippen LogP contribution is -2.32. The number of rotatable bonds is 5. The van der Waals surface area contributed by atoms with E-state index in [1.54, 1.807) is 56.3 Å². The highest BCUT2D eigenvalue weighted by Gasteiger charge is 2.20. The van der Waals surface area contributed by atoms with Gasteiger partial charge in [0.1, 0.15) is 5.82 Å². The average Bonchev–Trinajstić information content (AvgIpc) is 2.67. The lowest BCUT2D eigenvalue weighted by Gasteiger charge is -2.19. The molecule has 156 valence electrons. The number of carbonyl (C=O) groups is 2. The first kappa shape index (κ1) is 21.3. The van der Waals surface area contributed by atoms with Gasteiger partial charge in [-0.2, -0.15) is 0 Å². The van der Waals surface area contributed by atoms with Gasteiger partial charge in [-0.05, 0) is 60.1 Å². The number of carbonyl (C=O) groups excluding carboxylic acids is 1. The van der Waals surface area contributed by atoms with E-state index >= 15 is 0 Å². The Kier molecular flexibility index (Phi) is 6.36.